The van der Waals surface area contributed by atoms with Gasteiger partial charge in [0.25, 0.3) is 0 Å². The van der Waals surface area contributed by atoms with Crippen LogP contribution in [0.25, 0.3) is 11.3 Å². The minimum Gasteiger partial charge on any atom is -0.488 e. The van der Waals surface area contributed by atoms with Crippen molar-refractivity contribution >= 4 is 17.5 Å². The average molecular weight is 437 g/mol. The van der Waals surface area contributed by atoms with Gasteiger partial charge in [-0.05, 0) is 37.1 Å². The van der Waals surface area contributed by atoms with Crippen molar-refractivity contribution in [3.05, 3.63) is 70.4 Å². The van der Waals surface area contributed by atoms with Crippen LogP contribution in [0.3, 0.4) is 0 Å². The van der Waals surface area contributed by atoms with E-state index in [9.17, 15) is 4.79 Å². The summed E-state index contributed by atoms with van der Waals surface area (Å²) in [6.07, 6.45) is 2.76. The van der Waals surface area contributed by atoms with E-state index in [-0.39, 0.29) is 12.5 Å². The summed E-state index contributed by atoms with van der Waals surface area (Å²) in [5.41, 5.74) is 5.26. The number of aryl methyl sites for hydroxylation is 1. The van der Waals surface area contributed by atoms with E-state index >= 15 is 0 Å². The molecule has 2 aromatic carbocycles. The molecule has 1 amide bonds. The van der Waals surface area contributed by atoms with Gasteiger partial charge in [0.2, 0.25) is 5.91 Å². The van der Waals surface area contributed by atoms with Crippen molar-refractivity contribution in [2.24, 2.45) is 0 Å². The molecule has 3 heterocycles. The first kappa shape index (κ1) is 20.1. The fraction of sp³-hybridized carbons (Fsp3) is 0.333. The van der Waals surface area contributed by atoms with Crippen molar-refractivity contribution in [2.45, 2.75) is 33.0 Å². The van der Waals surface area contributed by atoms with Crippen LogP contribution >= 0.6 is 11.6 Å². The van der Waals surface area contributed by atoms with Crippen LogP contribution in [0.5, 0.6) is 5.75 Å². The van der Waals surface area contributed by atoms with Gasteiger partial charge in [0.05, 0.1) is 18.6 Å². The molecule has 3 aromatic rings. The summed E-state index contributed by atoms with van der Waals surface area (Å²) >= 11 is 6.33. The Morgan fingerprint density at radius 3 is 2.94 bits per heavy atom. The molecule has 5 rings (SSSR count). The number of carbonyl (C=O) groups excluding carboxylic acids is 1. The van der Waals surface area contributed by atoms with Crippen LogP contribution in [0.2, 0.25) is 5.02 Å². The summed E-state index contributed by atoms with van der Waals surface area (Å²) in [6, 6.07) is 14.0. The maximum absolute atomic E-state index is 13.2. The highest BCUT2D eigenvalue weighted by atomic mass is 35.5. The zero-order valence-corrected chi connectivity index (χ0v) is 18.3. The Labute approximate surface area is 187 Å². The highest BCUT2D eigenvalue weighted by Gasteiger charge is 2.26. The summed E-state index contributed by atoms with van der Waals surface area (Å²) in [5, 5.41) is 5.29. The molecule has 0 aliphatic carbocycles. The molecule has 0 atom stereocenters. The maximum Gasteiger partial charge on any atom is 0.245 e. The molecule has 7 heteroatoms. The van der Waals surface area contributed by atoms with E-state index in [1.807, 2.05) is 52.2 Å². The molecule has 2 aliphatic heterocycles. The molecule has 2 aliphatic rings. The SMILES string of the molecule is Cc1ccc2c(c1)-c1c(cnn1CC(=O)N1CCCN(Cc3ccccc3Cl)C1)CO2. The number of benzene rings is 2. The van der Waals surface area contributed by atoms with Crippen molar-refractivity contribution in [1.29, 1.82) is 0 Å². The summed E-state index contributed by atoms with van der Waals surface area (Å²) in [7, 11) is 0. The molecule has 1 fully saturated rings. The molecule has 0 N–H and O–H groups in total. The molecule has 0 saturated carbocycles. The Bertz CT molecular complexity index is 1130. The summed E-state index contributed by atoms with van der Waals surface area (Å²) in [4.78, 5) is 17.4. The van der Waals surface area contributed by atoms with E-state index in [0.717, 1.165) is 64.8 Å². The van der Waals surface area contributed by atoms with E-state index in [2.05, 4.69) is 23.0 Å². The predicted molar refractivity (Wildman–Crippen MR) is 120 cm³/mol. The molecule has 1 saturated heterocycles. The smallest absolute Gasteiger partial charge is 0.245 e. The molecule has 1 aromatic heterocycles. The quantitative estimate of drug-likeness (QED) is 0.618. The van der Waals surface area contributed by atoms with Crippen molar-refractivity contribution < 1.29 is 9.53 Å². The van der Waals surface area contributed by atoms with Crippen molar-refractivity contribution in [3.63, 3.8) is 0 Å². The number of carbonyl (C=O) groups is 1. The normalized spacial score (nSPS) is 15.9. The van der Waals surface area contributed by atoms with Gasteiger partial charge in [-0.2, -0.15) is 5.10 Å². The minimum absolute atomic E-state index is 0.0791. The molecular formula is C24H25ClN4O2. The lowest BCUT2D eigenvalue weighted by atomic mass is 10.0. The standard InChI is InChI=1S/C24H25ClN4O2/c1-17-7-8-22-20(11-17)24-19(15-31-22)12-26-29(24)14-23(30)28-10-4-9-27(16-28)13-18-5-2-3-6-21(18)25/h2-3,5-8,11-12H,4,9-10,13-16H2,1H3. The highest BCUT2D eigenvalue weighted by Crippen LogP contribution is 2.38. The third kappa shape index (κ3) is 4.05. The molecule has 6 nitrogen and oxygen atoms in total. The summed E-state index contributed by atoms with van der Waals surface area (Å²) in [5.74, 6) is 0.923. The summed E-state index contributed by atoms with van der Waals surface area (Å²) < 4.78 is 7.68. The first-order valence-corrected chi connectivity index (χ1v) is 11.0. The van der Waals surface area contributed by atoms with Crippen LogP contribution in [0.1, 0.15) is 23.1 Å². The van der Waals surface area contributed by atoms with E-state index < -0.39 is 0 Å². The zero-order chi connectivity index (χ0) is 21.4. The van der Waals surface area contributed by atoms with Crippen molar-refractivity contribution in [3.8, 4) is 17.0 Å². The van der Waals surface area contributed by atoms with Crippen LogP contribution in [-0.2, 0) is 24.5 Å². The number of amides is 1. The number of hydrogen-bond acceptors (Lipinski definition) is 4. The van der Waals surface area contributed by atoms with Gasteiger partial charge in [0.1, 0.15) is 18.9 Å². The third-order valence-electron chi connectivity index (χ3n) is 5.95. The largest absolute Gasteiger partial charge is 0.488 e. The lowest BCUT2D eigenvalue weighted by molar-refractivity contribution is -0.136. The van der Waals surface area contributed by atoms with E-state index in [4.69, 9.17) is 16.3 Å². The molecule has 0 bridgehead atoms. The molecule has 0 radical (unpaired) electrons. The fourth-order valence-corrected chi connectivity index (χ4v) is 4.56. The van der Waals surface area contributed by atoms with Crippen LogP contribution < -0.4 is 4.74 Å². The second kappa shape index (κ2) is 8.36. The predicted octanol–water partition coefficient (Wildman–Crippen LogP) is 4.10. The third-order valence-corrected chi connectivity index (χ3v) is 6.32. The van der Waals surface area contributed by atoms with Crippen molar-refractivity contribution in [1.82, 2.24) is 19.6 Å². The Kier molecular flexibility index (Phi) is 5.42. The topological polar surface area (TPSA) is 50.6 Å². The molecule has 160 valence electrons. The number of ether oxygens (including phenoxy) is 1. The number of fused-ring (bicyclic) bond motifs is 3. The summed E-state index contributed by atoms with van der Waals surface area (Å²) in [6.45, 7) is 5.83. The minimum atomic E-state index is 0.0791. The highest BCUT2D eigenvalue weighted by molar-refractivity contribution is 6.31. The second-order valence-electron chi connectivity index (χ2n) is 8.26. The van der Waals surface area contributed by atoms with Gasteiger partial charge >= 0.3 is 0 Å². The van der Waals surface area contributed by atoms with Gasteiger partial charge in [0, 0.05) is 35.8 Å². The second-order valence-corrected chi connectivity index (χ2v) is 8.67. The monoisotopic (exact) mass is 436 g/mol. The van der Waals surface area contributed by atoms with E-state index in [0.29, 0.717) is 13.3 Å². The zero-order valence-electron chi connectivity index (χ0n) is 17.6. The Hall–Kier alpha value is -2.83. The van der Waals surface area contributed by atoms with Crippen LogP contribution in [0.15, 0.2) is 48.7 Å². The van der Waals surface area contributed by atoms with Gasteiger partial charge < -0.3 is 9.64 Å². The Balaban J connectivity index is 1.31. The molecule has 31 heavy (non-hydrogen) atoms. The fourth-order valence-electron chi connectivity index (χ4n) is 4.37. The number of aromatic nitrogens is 2. The first-order valence-electron chi connectivity index (χ1n) is 10.6. The van der Waals surface area contributed by atoms with Crippen LogP contribution in [0.4, 0.5) is 0 Å². The Morgan fingerprint density at radius 2 is 2.06 bits per heavy atom. The van der Waals surface area contributed by atoms with Crippen LogP contribution in [-0.4, -0.2) is 45.2 Å². The van der Waals surface area contributed by atoms with Crippen LogP contribution in [0, 0.1) is 6.92 Å². The van der Waals surface area contributed by atoms with Gasteiger partial charge in [-0.3, -0.25) is 14.4 Å². The van der Waals surface area contributed by atoms with Gasteiger partial charge in [-0.1, -0.05) is 41.4 Å². The lowest BCUT2D eigenvalue weighted by Gasteiger charge is -2.36. The number of hydrogen-bond donors (Lipinski definition) is 0. The average Bonchev–Trinajstić information content (AvgIpc) is 3.19. The van der Waals surface area contributed by atoms with Gasteiger partial charge in [0.15, 0.2) is 0 Å². The molecular weight excluding hydrogens is 412 g/mol. The van der Waals surface area contributed by atoms with E-state index in [1.165, 1.54) is 0 Å². The lowest BCUT2D eigenvalue weighted by Crippen LogP contribution is -2.48. The Morgan fingerprint density at radius 1 is 1.19 bits per heavy atom. The molecule has 0 unspecified atom stereocenters. The van der Waals surface area contributed by atoms with Crippen molar-refractivity contribution in [2.75, 3.05) is 19.8 Å². The number of rotatable bonds is 4. The maximum atomic E-state index is 13.2. The first-order chi connectivity index (χ1) is 15.1. The van der Waals surface area contributed by atoms with Gasteiger partial charge in [-0.15, -0.1) is 0 Å². The number of nitrogens with zero attached hydrogens (tertiary/aromatic N) is 4. The van der Waals surface area contributed by atoms with Gasteiger partial charge in [-0.25, -0.2) is 0 Å². The number of halogens is 1. The van der Waals surface area contributed by atoms with E-state index in [1.54, 1.807) is 0 Å². The molecule has 0 spiro atoms.